The summed E-state index contributed by atoms with van der Waals surface area (Å²) in [5.41, 5.74) is -1.05. The summed E-state index contributed by atoms with van der Waals surface area (Å²) in [6.45, 7) is -0.313. The Bertz CT molecular complexity index is 660. The van der Waals surface area contributed by atoms with Crippen molar-refractivity contribution in [2.45, 2.75) is 24.9 Å². The molecule has 1 aliphatic rings. The lowest BCUT2D eigenvalue weighted by atomic mass is 10.2. The van der Waals surface area contributed by atoms with Crippen LogP contribution in [0.15, 0.2) is 15.8 Å². The molecule has 1 fully saturated rings. The van der Waals surface area contributed by atoms with E-state index in [2.05, 4.69) is 4.98 Å². The molecule has 0 aromatic carbocycles. The second kappa shape index (κ2) is 7.79. The number of H-pyrrole nitrogens is 1. The molecule has 2 rings (SSSR count). The van der Waals surface area contributed by atoms with Gasteiger partial charge in [-0.25, -0.2) is 9.36 Å². The number of nitrogens with zero attached hydrogens (tertiary/aromatic N) is 1. The Morgan fingerprint density at radius 2 is 1.95 bits per heavy atom. The summed E-state index contributed by atoms with van der Waals surface area (Å²) in [4.78, 5) is 46.5. The van der Waals surface area contributed by atoms with E-state index in [9.17, 15) is 14.7 Å². The van der Waals surface area contributed by atoms with Crippen LogP contribution >= 0.6 is 30.4 Å². The molecule has 0 spiro atoms. The van der Waals surface area contributed by atoms with Crippen LogP contribution in [-0.4, -0.2) is 53.3 Å². The van der Waals surface area contributed by atoms with E-state index in [1.165, 1.54) is 10.8 Å². The van der Waals surface area contributed by atoms with E-state index in [-0.39, 0.29) is 13.0 Å². The summed E-state index contributed by atoms with van der Waals surface area (Å²) >= 11 is 1.80. The summed E-state index contributed by atoms with van der Waals surface area (Å²) < 4.78 is 15.8. The summed E-state index contributed by atoms with van der Waals surface area (Å²) in [6.07, 6.45) is -0.607. The fourth-order valence-corrected chi connectivity index (χ4v) is 2.16. The van der Waals surface area contributed by atoms with Gasteiger partial charge in [-0.15, -0.1) is 0 Å². The van der Waals surface area contributed by atoms with Gasteiger partial charge in [0.1, 0.15) is 12.3 Å². The highest BCUT2D eigenvalue weighted by Gasteiger charge is 2.35. The molecule has 126 valence electrons. The van der Waals surface area contributed by atoms with Gasteiger partial charge in [0.2, 0.25) is 0 Å². The minimum atomic E-state index is -4.64. The van der Waals surface area contributed by atoms with Crippen LogP contribution in [0.5, 0.6) is 0 Å². The van der Waals surface area contributed by atoms with Crippen molar-refractivity contribution in [2.24, 2.45) is 0 Å². The van der Waals surface area contributed by atoms with Gasteiger partial charge in [-0.05, 0) is 22.6 Å². The fraction of sp³-hybridized carbons (Fsp3) is 0.556. The number of rotatable bonds is 2. The van der Waals surface area contributed by atoms with Crippen molar-refractivity contribution in [3.8, 4) is 0 Å². The van der Waals surface area contributed by atoms with E-state index >= 15 is 0 Å². The van der Waals surface area contributed by atoms with Gasteiger partial charge in [0.25, 0.3) is 5.56 Å². The highest BCUT2D eigenvalue weighted by molar-refractivity contribution is 14.1. The molecule has 3 atom stereocenters. The standard InChI is InChI=1S/C9H11IN2O5.H3O4P/c10-4-2-12(9(16)11-8(4)15)7-1-5(14)6(3-13)17-7;1-5(2,3)4/h2,5-7,13-14H,1,3H2,(H,11,15,16);(H3,1,2,3,4)/t5-,6+,7?;/m0./s1. The maximum absolute atomic E-state index is 11.6. The molecule has 1 saturated heterocycles. The minimum absolute atomic E-state index is 0.202. The fourth-order valence-electron chi connectivity index (χ4n) is 1.72. The first-order chi connectivity index (χ1) is 10.0. The molecular formula is C9H14IN2O9P. The van der Waals surface area contributed by atoms with Gasteiger partial charge in [0.15, 0.2) is 0 Å². The van der Waals surface area contributed by atoms with Gasteiger partial charge in [-0.1, -0.05) is 0 Å². The van der Waals surface area contributed by atoms with Crippen LogP contribution in [0.1, 0.15) is 12.6 Å². The van der Waals surface area contributed by atoms with E-state index in [1.807, 2.05) is 0 Å². The molecule has 1 aromatic rings. The lowest BCUT2D eigenvalue weighted by Gasteiger charge is -2.14. The number of halogens is 1. The Kier molecular flexibility index (Phi) is 6.88. The highest BCUT2D eigenvalue weighted by Crippen LogP contribution is 2.27. The number of ether oxygens (including phenoxy) is 1. The smallest absolute Gasteiger partial charge is 0.394 e. The van der Waals surface area contributed by atoms with E-state index in [1.54, 1.807) is 22.6 Å². The van der Waals surface area contributed by atoms with Gasteiger partial charge >= 0.3 is 13.5 Å². The van der Waals surface area contributed by atoms with Crippen molar-refractivity contribution in [3.63, 3.8) is 0 Å². The predicted octanol–water partition coefficient (Wildman–Crippen LogP) is -2.15. The van der Waals surface area contributed by atoms with Crippen LogP contribution in [-0.2, 0) is 9.30 Å². The first-order valence-electron chi connectivity index (χ1n) is 5.76. The molecule has 0 radical (unpaired) electrons. The molecule has 0 aliphatic carbocycles. The van der Waals surface area contributed by atoms with Crippen LogP contribution in [0.2, 0.25) is 0 Å². The summed E-state index contributed by atoms with van der Waals surface area (Å²) in [5, 5.41) is 18.5. The second-order valence-corrected chi connectivity index (χ2v) is 6.46. The molecule has 1 aromatic heterocycles. The number of hydrogen-bond donors (Lipinski definition) is 6. The van der Waals surface area contributed by atoms with Gasteiger partial charge in [-0.3, -0.25) is 14.3 Å². The van der Waals surface area contributed by atoms with Crippen molar-refractivity contribution in [2.75, 3.05) is 6.61 Å². The molecule has 6 N–H and O–H groups in total. The Balaban J connectivity index is 0.000000422. The first kappa shape index (κ1) is 19.4. The van der Waals surface area contributed by atoms with Crippen LogP contribution in [0.3, 0.4) is 0 Å². The average Bonchev–Trinajstić information content (AvgIpc) is 2.73. The third-order valence-corrected chi connectivity index (χ3v) is 3.39. The topological polar surface area (TPSA) is 182 Å². The van der Waals surface area contributed by atoms with Crippen LogP contribution < -0.4 is 11.2 Å². The highest BCUT2D eigenvalue weighted by atomic mass is 127. The zero-order chi connectivity index (χ0) is 17.1. The number of aromatic nitrogens is 2. The lowest BCUT2D eigenvalue weighted by molar-refractivity contribution is -0.0459. The minimum Gasteiger partial charge on any atom is -0.394 e. The Hall–Kier alpha value is -0.600. The number of aliphatic hydroxyl groups is 2. The van der Waals surface area contributed by atoms with E-state index < -0.39 is 37.5 Å². The van der Waals surface area contributed by atoms with Gasteiger partial charge < -0.3 is 29.6 Å². The van der Waals surface area contributed by atoms with Crippen LogP contribution in [0.4, 0.5) is 0 Å². The molecule has 1 unspecified atom stereocenters. The second-order valence-electron chi connectivity index (χ2n) is 4.27. The predicted molar refractivity (Wildman–Crippen MR) is 79.9 cm³/mol. The summed E-state index contributed by atoms with van der Waals surface area (Å²) in [7, 11) is -4.64. The number of hydrogen-bond acceptors (Lipinski definition) is 6. The van der Waals surface area contributed by atoms with E-state index in [0.29, 0.717) is 3.57 Å². The van der Waals surface area contributed by atoms with Crippen LogP contribution in [0, 0.1) is 3.57 Å². The molecular weight excluding hydrogens is 438 g/mol. The van der Waals surface area contributed by atoms with E-state index in [4.69, 9.17) is 29.1 Å². The third-order valence-electron chi connectivity index (χ3n) is 2.62. The molecule has 11 nitrogen and oxygen atoms in total. The maximum Gasteiger partial charge on any atom is 0.466 e. The zero-order valence-corrected chi connectivity index (χ0v) is 13.9. The SMILES string of the molecule is O=P(O)(O)O.O=c1[nH]c(=O)n(C2C[C@H](O)[C@@H](CO)O2)cc1I. The van der Waals surface area contributed by atoms with Crippen molar-refractivity contribution < 1.29 is 34.2 Å². The Labute approximate surface area is 136 Å². The molecule has 2 heterocycles. The molecule has 0 bridgehead atoms. The average molecular weight is 452 g/mol. The zero-order valence-electron chi connectivity index (χ0n) is 10.9. The summed E-state index contributed by atoms with van der Waals surface area (Å²) in [6, 6.07) is 0. The number of nitrogens with one attached hydrogen (secondary N) is 1. The maximum atomic E-state index is 11.6. The monoisotopic (exact) mass is 452 g/mol. The first-order valence-corrected chi connectivity index (χ1v) is 8.41. The van der Waals surface area contributed by atoms with Crippen molar-refractivity contribution >= 4 is 30.4 Å². The number of aromatic amines is 1. The van der Waals surface area contributed by atoms with Crippen molar-refractivity contribution in [3.05, 3.63) is 30.6 Å². The van der Waals surface area contributed by atoms with Gasteiger partial charge in [0.05, 0.1) is 16.3 Å². The third kappa shape index (κ3) is 5.89. The van der Waals surface area contributed by atoms with Gasteiger partial charge in [0, 0.05) is 12.6 Å². The van der Waals surface area contributed by atoms with Crippen LogP contribution in [0.25, 0.3) is 0 Å². The molecule has 22 heavy (non-hydrogen) atoms. The normalized spacial score (nSPS) is 24.7. The molecule has 0 saturated carbocycles. The Morgan fingerprint density at radius 3 is 2.41 bits per heavy atom. The molecule has 0 amide bonds. The molecule has 1 aliphatic heterocycles. The lowest BCUT2D eigenvalue weighted by Crippen LogP contribution is -2.33. The number of phosphoric acid groups is 1. The van der Waals surface area contributed by atoms with Crippen molar-refractivity contribution in [1.82, 2.24) is 9.55 Å². The Morgan fingerprint density at radius 1 is 1.41 bits per heavy atom. The summed E-state index contributed by atoms with van der Waals surface area (Å²) in [5.74, 6) is 0. The van der Waals surface area contributed by atoms with Crippen molar-refractivity contribution in [1.29, 1.82) is 0 Å². The largest absolute Gasteiger partial charge is 0.466 e. The quantitative estimate of drug-likeness (QED) is 0.215. The van der Waals surface area contributed by atoms with E-state index in [0.717, 1.165) is 0 Å². The molecule has 13 heteroatoms. The van der Waals surface area contributed by atoms with Gasteiger partial charge in [-0.2, -0.15) is 0 Å². The number of aliphatic hydroxyl groups excluding tert-OH is 2.